The van der Waals surface area contributed by atoms with E-state index in [1.165, 1.54) is 0 Å². The molecule has 7 nitrogen and oxygen atoms in total. The summed E-state index contributed by atoms with van der Waals surface area (Å²) in [5.41, 5.74) is 1.99. The largest absolute Gasteiger partial charge is 0.495 e. The lowest BCUT2D eigenvalue weighted by atomic mass is 10.2. The summed E-state index contributed by atoms with van der Waals surface area (Å²) in [6.45, 7) is 2.39. The molecular formula is C21H30ClIN6O. The second-order valence-corrected chi connectivity index (χ2v) is 7.64. The van der Waals surface area contributed by atoms with Crippen molar-refractivity contribution in [3.63, 3.8) is 0 Å². The molecule has 0 spiro atoms. The van der Waals surface area contributed by atoms with Crippen molar-refractivity contribution in [3.8, 4) is 5.75 Å². The van der Waals surface area contributed by atoms with Crippen molar-refractivity contribution in [2.24, 2.45) is 4.99 Å². The molecule has 164 valence electrons. The quantitative estimate of drug-likeness (QED) is 0.330. The minimum absolute atomic E-state index is 0. The number of ether oxygens (including phenoxy) is 1. The Bertz CT molecular complexity index is 863. The highest BCUT2D eigenvalue weighted by Crippen LogP contribution is 2.33. The third kappa shape index (κ3) is 6.28. The van der Waals surface area contributed by atoms with Crippen LogP contribution in [0.15, 0.2) is 41.4 Å². The smallest absolute Gasteiger partial charge is 0.191 e. The third-order valence-electron chi connectivity index (χ3n) is 4.92. The molecular weight excluding hydrogens is 515 g/mol. The minimum Gasteiger partial charge on any atom is -0.495 e. The van der Waals surface area contributed by atoms with E-state index in [2.05, 4.69) is 25.5 Å². The highest BCUT2D eigenvalue weighted by molar-refractivity contribution is 14.0. The van der Waals surface area contributed by atoms with E-state index in [-0.39, 0.29) is 30.0 Å². The Morgan fingerprint density at radius 1 is 1.33 bits per heavy atom. The molecule has 2 heterocycles. The van der Waals surface area contributed by atoms with Gasteiger partial charge in [-0.2, -0.15) is 0 Å². The molecule has 30 heavy (non-hydrogen) atoms. The Hall–Kier alpha value is -1.94. The first kappa shape index (κ1) is 24.3. The number of halogens is 2. The zero-order valence-electron chi connectivity index (χ0n) is 17.9. The fourth-order valence-electron chi connectivity index (χ4n) is 3.38. The number of guanidine groups is 1. The standard InChI is InChI=1S/C21H29ClN6O.HI/c1-23-21(24-13-16-6-5-7-20(25-16)27(2)3)26-17-10-11-28(14-17)18-12-15(22)8-9-19(18)29-4;/h5-9,12,17H,10-11,13-14H2,1-4H3,(H2,23,24,26);1H. The van der Waals surface area contributed by atoms with Crippen molar-refractivity contribution in [1.29, 1.82) is 0 Å². The monoisotopic (exact) mass is 544 g/mol. The molecule has 0 radical (unpaired) electrons. The predicted octanol–water partition coefficient (Wildman–Crippen LogP) is 3.37. The molecule has 1 aliphatic rings. The SMILES string of the molecule is CN=C(NCc1cccc(N(C)C)n1)NC1CCN(c2cc(Cl)ccc2OC)C1.I. The van der Waals surface area contributed by atoms with E-state index in [0.717, 1.165) is 48.4 Å². The summed E-state index contributed by atoms with van der Waals surface area (Å²) in [6.07, 6.45) is 1.00. The lowest BCUT2D eigenvalue weighted by Crippen LogP contribution is -2.44. The van der Waals surface area contributed by atoms with Gasteiger partial charge >= 0.3 is 0 Å². The van der Waals surface area contributed by atoms with Crippen LogP contribution in [-0.4, -0.2) is 58.3 Å². The average Bonchev–Trinajstić information content (AvgIpc) is 3.19. The molecule has 1 unspecified atom stereocenters. The van der Waals surface area contributed by atoms with Gasteiger partial charge in [-0.1, -0.05) is 17.7 Å². The molecule has 0 aliphatic carbocycles. The van der Waals surface area contributed by atoms with Crippen LogP contribution in [-0.2, 0) is 6.54 Å². The van der Waals surface area contributed by atoms with E-state index in [4.69, 9.17) is 16.3 Å². The van der Waals surface area contributed by atoms with Gasteiger partial charge in [0.25, 0.3) is 0 Å². The van der Waals surface area contributed by atoms with Crippen LogP contribution in [0.25, 0.3) is 0 Å². The van der Waals surface area contributed by atoms with Crippen LogP contribution in [0.2, 0.25) is 5.02 Å². The Kier molecular flexibility index (Phi) is 9.29. The van der Waals surface area contributed by atoms with Crippen molar-refractivity contribution >= 4 is 53.0 Å². The number of aromatic nitrogens is 1. The highest BCUT2D eigenvalue weighted by atomic mass is 127. The molecule has 1 aromatic carbocycles. The first-order valence-electron chi connectivity index (χ1n) is 9.69. The van der Waals surface area contributed by atoms with Crippen LogP contribution in [0.1, 0.15) is 12.1 Å². The zero-order chi connectivity index (χ0) is 20.8. The van der Waals surface area contributed by atoms with Crippen molar-refractivity contribution in [3.05, 3.63) is 47.1 Å². The highest BCUT2D eigenvalue weighted by Gasteiger charge is 2.25. The number of hydrogen-bond acceptors (Lipinski definition) is 5. The molecule has 9 heteroatoms. The molecule has 2 N–H and O–H groups in total. The van der Waals surface area contributed by atoms with E-state index in [1.54, 1.807) is 14.2 Å². The number of methoxy groups -OCH3 is 1. The zero-order valence-corrected chi connectivity index (χ0v) is 20.9. The molecule has 1 saturated heterocycles. The first-order chi connectivity index (χ1) is 14.0. The van der Waals surface area contributed by atoms with Gasteiger partial charge in [0.15, 0.2) is 5.96 Å². The summed E-state index contributed by atoms with van der Waals surface area (Å²) in [4.78, 5) is 13.3. The Labute approximate surface area is 200 Å². The van der Waals surface area contributed by atoms with E-state index < -0.39 is 0 Å². The summed E-state index contributed by atoms with van der Waals surface area (Å²) < 4.78 is 5.50. The minimum atomic E-state index is 0. The Balaban J connectivity index is 0.00000320. The van der Waals surface area contributed by atoms with Crippen molar-refractivity contribution in [2.75, 3.05) is 51.1 Å². The third-order valence-corrected chi connectivity index (χ3v) is 5.16. The molecule has 0 amide bonds. The predicted molar refractivity (Wildman–Crippen MR) is 136 cm³/mol. The van der Waals surface area contributed by atoms with Crippen molar-refractivity contribution in [2.45, 2.75) is 19.0 Å². The fourth-order valence-corrected chi connectivity index (χ4v) is 3.55. The molecule has 1 aliphatic heterocycles. The van der Waals surface area contributed by atoms with Gasteiger partial charge in [-0.15, -0.1) is 24.0 Å². The number of nitrogens with one attached hydrogen (secondary N) is 2. The second-order valence-electron chi connectivity index (χ2n) is 7.20. The maximum absolute atomic E-state index is 6.19. The Morgan fingerprint density at radius 2 is 2.13 bits per heavy atom. The number of hydrogen-bond donors (Lipinski definition) is 2. The number of nitrogens with zero attached hydrogens (tertiary/aromatic N) is 4. The summed E-state index contributed by atoms with van der Waals surface area (Å²) in [6, 6.07) is 12.0. The van der Waals surface area contributed by atoms with E-state index in [9.17, 15) is 0 Å². The van der Waals surface area contributed by atoms with Crippen LogP contribution in [0, 0.1) is 0 Å². The number of aliphatic imine (C=N–C) groups is 1. The number of anilines is 2. The van der Waals surface area contributed by atoms with Gasteiger partial charge in [-0.05, 0) is 36.8 Å². The average molecular weight is 545 g/mol. The van der Waals surface area contributed by atoms with Crippen molar-refractivity contribution < 1.29 is 4.74 Å². The van der Waals surface area contributed by atoms with Crippen molar-refractivity contribution in [1.82, 2.24) is 15.6 Å². The lowest BCUT2D eigenvalue weighted by Gasteiger charge is -2.22. The van der Waals surface area contributed by atoms with Crippen LogP contribution < -0.4 is 25.2 Å². The second kappa shape index (κ2) is 11.5. The van der Waals surface area contributed by atoms with Gasteiger partial charge in [0, 0.05) is 45.3 Å². The van der Waals surface area contributed by atoms with Gasteiger partial charge in [0.1, 0.15) is 11.6 Å². The van der Waals surface area contributed by atoms with E-state index in [1.807, 2.05) is 55.4 Å². The molecule has 1 fully saturated rings. The molecule has 1 aromatic heterocycles. The normalized spacial score (nSPS) is 16.1. The number of pyridine rings is 1. The Morgan fingerprint density at radius 3 is 2.83 bits per heavy atom. The summed E-state index contributed by atoms with van der Waals surface area (Å²) in [7, 11) is 7.44. The summed E-state index contributed by atoms with van der Waals surface area (Å²) in [5.74, 6) is 2.55. The molecule has 3 rings (SSSR count). The van der Waals surface area contributed by atoms with Gasteiger partial charge in [0.2, 0.25) is 0 Å². The van der Waals surface area contributed by atoms with Crippen LogP contribution in [0.4, 0.5) is 11.5 Å². The molecule has 0 bridgehead atoms. The maximum atomic E-state index is 6.19. The van der Waals surface area contributed by atoms with Gasteiger partial charge in [-0.25, -0.2) is 4.98 Å². The molecule has 1 atom stereocenters. The fraction of sp³-hybridized carbons (Fsp3) is 0.429. The number of benzene rings is 1. The topological polar surface area (TPSA) is 65.0 Å². The van der Waals surface area contributed by atoms with Crippen LogP contribution >= 0.6 is 35.6 Å². The number of rotatable bonds is 6. The molecule has 2 aromatic rings. The van der Waals surface area contributed by atoms with Gasteiger partial charge in [0.05, 0.1) is 25.0 Å². The maximum Gasteiger partial charge on any atom is 0.191 e. The van der Waals surface area contributed by atoms with Crippen LogP contribution in [0.3, 0.4) is 0 Å². The molecule has 0 saturated carbocycles. The summed E-state index contributed by atoms with van der Waals surface area (Å²) >= 11 is 6.19. The van der Waals surface area contributed by atoms with Crippen LogP contribution in [0.5, 0.6) is 5.75 Å². The van der Waals surface area contributed by atoms with Gasteiger partial charge in [-0.3, -0.25) is 4.99 Å². The van der Waals surface area contributed by atoms with E-state index >= 15 is 0 Å². The van der Waals surface area contributed by atoms with Gasteiger partial charge < -0.3 is 25.2 Å². The first-order valence-corrected chi connectivity index (χ1v) is 10.1. The van der Waals surface area contributed by atoms with E-state index in [0.29, 0.717) is 11.6 Å². The summed E-state index contributed by atoms with van der Waals surface area (Å²) in [5, 5.41) is 7.58. The lowest BCUT2D eigenvalue weighted by molar-refractivity contribution is 0.415.